The lowest BCUT2D eigenvalue weighted by Crippen LogP contribution is -2.52. The van der Waals surface area contributed by atoms with Gasteiger partial charge in [0.1, 0.15) is 6.04 Å². The molecular weight excluding hydrogens is 238 g/mol. The van der Waals surface area contributed by atoms with Crippen molar-refractivity contribution in [3.8, 4) is 0 Å². The van der Waals surface area contributed by atoms with Gasteiger partial charge in [-0.15, -0.1) is 0 Å². The molecule has 0 radical (unpaired) electrons. The monoisotopic (exact) mass is 257 g/mol. The Balaban J connectivity index is 2.14. The quantitative estimate of drug-likeness (QED) is 0.569. The summed E-state index contributed by atoms with van der Waals surface area (Å²) >= 11 is 0. The van der Waals surface area contributed by atoms with Gasteiger partial charge < -0.3 is 20.4 Å². The van der Waals surface area contributed by atoms with Gasteiger partial charge in [0.2, 0.25) is 5.91 Å². The van der Waals surface area contributed by atoms with Crippen LogP contribution in [0.15, 0.2) is 0 Å². The Morgan fingerprint density at radius 2 is 2.22 bits per heavy atom. The van der Waals surface area contributed by atoms with Crippen molar-refractivity contribution in [3.63, 3.8) is 0 Å². The number of carboxylic acid groups (broad SMARTS) is 1. The number of aliphatic hydroxyl groups excluding tert-OH is 1. The molecule has 2 saturated heterocycles. The van der Waals surface area contributed by atoms with Gasteiger partial charge in [-0.05, 0) is 13.8 Å². The van der Waals surface area contributed by atoms with E-state index in [0.29, 0.717) is 13.1 Å². The summed E-state index contributed by atoms with van der Waals surface area (Å²) < 4.78 is 0. The van der Waals surface area contributed by atoms with Crippen molar-refractivity contribution >= 4 is 11.9 Å². The van der Waals surface area contributed by atoms with E-state index in [9.17, 15) is 14.7 Å². The molecule has 0 spiro atoms. The van der Waals surface area contributed by atoms with Crippen molar-refractivity contribution in [1.29, 1.82) is 0 Å². The first-order valence-electron chi connectivity index (χ1n) is 6.03. The van der Waals surface area contributed by atoms with Crippen molar-refractivity contribution in [3.05, 3.63) is 0 Å². The van der Waals surface area contributed by atoms with Crippen LogP contribution >= 0.6 is 0 Å². The number of carbonyl (C=O) groups excluding carboxylic acids is 1. The SMILES string of the molecule is CC(C)(CN1C(=O)[C@@H]2CNCCN2C1O)C(=O)O. The molecule has 1 amide bonds. The third-order valence-electron chi connectivity index (χ3n) is 3.57. The van der Waals surface area contributed by atoms with Crippen LogP contribution in [0.3, 0.4) is 0 Å². The minimum atomic E-state index is -1.07. The van der Waals surface area contributed by atoms with Gasteiger partial charge in [-0.2, -0.15) is 0 Å². The number of carbonyl (C=O) groups is 2. The van der Waals surface area contributed by atoms with E-state index in [1.165, 1.54) is 4.90 Å². The number of nitrogens with zero attached hydrogens (tertiary/aromatic N) is 2. The van der Waals surface area contributed by atoms with E-state index in [-0.39, 0.29) is 18.5 Å². The predicted octanol–water partition coefficient (Wildman–Crippen LogP) is -1.51. The van der Waals surface area contributed by atoms with Gasteiger partial charge in [0.25, 0.3) is 0 Å². The van der Waals surface area contributed by atoms with E-state index < -0.39 is 17.7 Å². The van der Waals surface area contributed by atoms with Crippen LogP contribution in [0.25, 0.3) is 0 Å². The van der Waals surface area contributed by atoms with Crippen molar-refractivity contribution in [2.45, 2.75) is 26.2 Å². The lowest BCUT2D eigenvalue weighted by molar-refractivity contribution is -0.153. The minimum Gasteiger partial charge on any atom is -0.481 e. The molecule has 7 heteroatoms. The lowest BCUT2D eigenvalue weighted by Gasteiger charge is -2.32. The van der Waals surface area contributed by atoms with Crippen LogP contribution in [0.5, 0.6) is 0 Å². The molecule has 0 aromatic rings. The summed E-state index contributed by atoms with van der Waals surface area (Å²) in [6.07, 6.45) is -1.01. The molecule has 0 bridgehead atoms. The second-order valence-electron chi connectivity index (χ2n) is 5.46. The van der Waals surface area contributed by atoms with Crippen LogP contribution < -0.4 is 5.32 Å². The van der Waals surface area contributed by atoms with Crippen molar-refractivity contribution in [2.24, 2.45) is 5.41 Å². The second-order valence-corrected chi connectivity index (χ2v) is 5.46. The summed E-state index contributed by atoms with van der Waals surface area (Å²) in [7, 11) is 0. The summed E-state index contributed by atoms with van der Waals surface area (Å²) in [6, 6.07) is -0.377. The standard InChI is InChI=1S/C11H19N3O4/c1-11(2,9(16)17)6-14-8(15)7-5-12-3-4-13(7)10(14)18/h7,10,12,18H,3-6H2,1-2H3,(H,16,17)/t7-,10?/m0/s1. The number of hydrogen-bond acceptors (Lipinski definition) is 5. The smallest absolute Gasteiger partial charge is 0.310 e. The number of aliphatic carboxylic acids is 1. The van der Waals surface area contributed by atoms with Gasteiger partial charge >= 0.3 is 5.97 Å². The third-order valence-corrected chi connectivity index (χ3v) is 3.57. The van der Waals surface area contributed by atoms with Crippen LogP contribution in [0, 0.1) is 5.41 Å². The number of aliphatic hydroxyl groups is 1. The van der Waals surface area contributed by atoms with Gasteiger partial charge in [0.05, 0.1) is 5.41 Å². The number of fused-ring (bicyclic) bond motifs is 1. The van der Waals surface area contributed by atoms with Crippen LogP contribution in [0.2, 0.25) is 0 Å². The number of piperazine rings is 1. The maximum Gasteiger partial charge on any atom is 0.310 e. The number of carboxylic acids is 1. The van der Waals surface area contributed by atoms with Crippen molar-refractivity contribution < 1.29 is 19.8 Å². The Morgan fingerprint density at radius 1 is 1.56 bits per heavy atom. The largest absolute Gasteiger partial charge is 0.481 e. The molecule has 2 aliphatic rings. The first-order valence-corrected chi connectivity index (χ1v) is 6.03. The van der Waals surface area contributed by atoms with Crippen LogP contribution in [-0.4, -0.2) is 70.5 Å². The van der Waals surface area contributed by atoms with E-state index in [1.807, 2.05) is 0 Å². The molecule has 0 aromatic carbocycles. The summed E-state index contributed by atoms with van der Waals surface area (Å²) in [5, 5.41) is 22.3. The number of amides is 1. The van der Waals surface area contributed by atoms with Crippen molar-refractivity contribution in [1.82, 2.24) is 15.1 Å². The van der Waals surface area contributed by atoms with Gasteiger partial charge in [-0.25, -0.2) is 4.90 Å². The summed E-state index contributed by atoms with van der Waals surface area (Å²) in [5.74, 6) is -1.19. The predicted molar refractivity (Wildman–Crippen MR) is 62.5 cm³/mol. The highest BCUT2D eigenvalue weighted by molar-refractivity contribution is 5.85. The van der Waals surface area contributed by atoms with E-state index >= 15 is 0 Å². The van der Waals surface area contributed by atoms with Gasteiger partial charge in [0, 0.05) is 26.2 Å². The molecule has 2 aliphatic heterocycles. The third kappa shape index (κ3) is 2.09. The normalized spacial score (nSPS) is 29.5. The molecule has 3 N–H and O–H groups in total. The fourth-order valence-corrected chi connectivity index (χ4v) is 2.36. The van der Waals surface area contributed by atoms with Crippen LogP contribution in [0.4, 0.5) is 0 Å². The molecule has 0 aliphatic carbocycles. The highest BCUT2D eigenvalue weighted by atomic mass is 16.4. The molecule has 2 atom stereocenters. The van der Waals surface area contributed by atoms with Crippen LogP contribution in [-0.2, 0) is 9.59 Å². The first kappa shape index (κ1) is 13.3. The highest BCUT2D eigenvalue weighted by Gasteiger charge is 2.48. The molecule has 2 heterocycles. The number of rotatable bonds is 3. The van der Waals surface area contributed by atoms with E-state index in [0.717, 1.165) is 6.54 Å². The molecule has 0 saturated carbocycles. The molecule has 18 heavy (non-hydrogen) atoms. The summed E-state index contributed by atoms with van der Waals surface area (Å²) in [5.41, 5.74) is -1.07. The molecule has 0 aromatic heterocycles. The fourth-order valence-electron chi connectivity index (χ4n) is 2.36. The Bertz CT molecular complexity index is 371. The van der Waals surface area contributed by atoms with Crippen LogP contribution in [0.1, 0.15) is 13.8 Å². The molecule has 2 fully saturated rings. The zero-order chi connectivity index (χ0) is 13.5. The first-order chi connectivity index (χ1) is 8.34. The van der Waals surface area contributed by atoms with Crippen molar-refractivity contribution in [2.75, 3.05) is 26.2 Å². The van der Waals surface area contributed by atoms with E-state index in [2.05, 4.69) is 5.32 Å². The van der Waals surface area contributed by atoms with Gasteiger partial charge in [-0.1, -0.05) is 0 Å². The molecule has 102 valence electrons. The zero-order valence-electron chi connectivity index (χ0n) is 10.6. The maximum absolute atomic E-state index is 12.1. The Kier molecular flexibility index (Phi) is 3.31. The Hall–Kier alpha value is -1.18. The second kappa shape index (κ2) is 4.49. The lowest BCUT2D eigenvalue weighted by atomic mass is 9.93. The fraction of sp³-hybridized carbons (Fsp3) is 0.818. The molecule has 2 rings (SSSR count). The average molecular weight is 257 g/mol. The number of hydrogen-bond donors (Lipinski definition) is 3. The molecule has 1 unspecified atom stereocenters. The van der Waals surface area contributed by atoms with E-state index in [1.54, 1.807) is 18.7 Å². The summed E-state index contributed by atoms with van der Waals surface area (Å²) in [4.78, 5) is 26.2. The maximum atomic E-state index is 12.1. The minimum absolute atomic E-state index is 0.00926. The molecule has 7 nitrogen and oxygen atoms in total. The highest BCUT2D eigenvalue weighted by Crippen LogP contribution is 2.26. The summed E-state index contributed by atoms with van der Waals surface area (Å²) in [6.45, 7) is 4.91. The topological polar surface area (TPSA) is 93.1 Å². The zero-order valence-corrected chi connectivity index (χ0v) is 10.6. The molecular formula is C11H19N3O4. The Morgan fingerprint density at radius 3 is 2.78 bits per heavy atom. The van der Waals surface area contributed by atoms with E-state index in [4.69, 9.17) is 5.11 Å². The Labute approximate surface area is 105 Å². The number of nitrogens with one attached hydrogen (secondary N) is 1. The van der Waals surface area contributed by atoms with Gasteiger partial charge in [-0.3, -0.25) is 9.59 Å². The van der Waals surface area contributed by atoms with Gasteiger partial charge in [0.15, 0.2) is 6.35 Å². The average Bonchev–Trinajstić information content (AvgIpc) is 2.55.